The van der Waals surface area contributed by atoms with E-state index in [1.54, 1.807) is 31.2 Å². The number of amides is 2. The van der Waals surface area contributed by atoms with E-state index >= 15 is 0 Å². The summed E-state index contributed by atoms with van der Waals surface area (Å²) >= 11 is 0. The van der Waals surface area contributed by atoms with Gasteiger partial charge in [-0.15, -0.1) is 0 Å². The third-order valence-corrected chi connectivity index (χ3v) is 5.79. The molecule has 0 unspecified atom stereocenters. The topological polar surface area (TPSA) is 110 Å². The second kappa shape index (κ2) is 7.81. The first kappa shape index (κ1) is 19.6. The minimum atomic E-state index is -3.64. The number of carbonyl (C=O) groups is 3. The van der Waals surface area contributed by atoms with Crippen LogP contribution in [0.3, 0.4) is 0 Å². The highest BCUT2D eigenvalue weighted by molar-refractivity contribution is 7.94. The number of ether oxygens (including phenoxy) is 1. The monoisotopic (exact) mass is 402 g/mol. The number of hydrogen-bond donors (Lipinski definition) is 1. The Labute approximate surface area is 162 Å². The maximum atomic E-state index is 12.4. The molecule has 1 aliphatic heterocycles. The molecule has 0 radical (unpaired) electrons. The number of nitrogens with zero attached hydrogens (tertiary/aromatic N) is 1. The van der Waals surface area contributed by atoms with E-state index in [9.17, 15) is 22.8 Å². The summed E-state index contributed by atoms with van der Waals surface area (Å²) in [6.45, 7) is 1.99. The predicted molar refractivity (Wildman–Crippen MR) is 103 cm³/mol. The van der Waals surface area contributed by atoms with Crippen LogP contribution in [0.25, 0.3) is 0 Å². The first-order chi connectivity index (χ1) is 13.3. The molecule has 1 saturated heterocycles. The van der Waals surface area contributed by atoms with Gasteiger partial charge in [-0.3, -0.25) is 9.59 Å². The minimum Gasteiger partial charge on any atom is -0.462 e. The van der Waals surface area contributed by atoms with Gasteiger partial charge in [0.05, 0.1) is 23.6 Å². The zero-order valence-electron chi connectivity index (χ0n) is 15.0. The van der Waals surface area contributed by atoms with E-state index in [1.165, 1.54) is 24.3 Å². The van der Waals surface area contributed by atoms with Crippen molar-refractivity contribution in [2.24, 2.45) is 0 Å². The molecule has 0 atom stereocenters. The van der Waals surface area contributed by atoms with Crippen molar-refractivity contribution in [3.05, 3.63) is 59.7 Å². The van der Waals surface area contributed by atoms with Crippen molar-refractivity contribution in [2.45, 2.75) is 13.3 Å². The van der Waals surface area contributed by atoms with Gasteiger partial charge in [-0.05, 0) is 55.5 Å². The number of anilines is 2. The van der Waals surface area contributed by atoms with Gasteiger partial charge in [0.2, 0.25) is 15.9 Å². The number of esters is 1. The number of sulfonamides is 1. The molecule has 1 fully saturated rings. The zero-order chi connectivity index (χ0) is 20.3. The van der Waals surface area contributed by atoms with Crippen LogP contribution in [0.2, 0.25) is 0 Å². The van der Waals surface area contributed by atoms with E-state index in [0.29, 0.717) is 16.8 Å². The van der Waals surface area contributed by atoms with Crippen molar-refractivity contribution in [3.8, 4) is 0 Å². The first-order valence-corrected chi connectivity index (χ1v) is 10.2. The molecule has 1 aliphatic rings. The van der Waals surface area contributed by atoms with Crippen LogP contribution in [-0.2, 0) is 19.6 Å². The van der Waals surface area contributed by atoms with Gasteiger partial charge in [-0.2, -0.15) is 0 Å². The highest BCUT2D eigenvalue weighted by atomic mass is 32.2. The third-order valence-electron chi connectivity index (χ3n) is 4.10. The molecule has 28 heavy (non-hydrogen) atoms. The Balaban J connectivity index is 1.70. The lowest BCUT2D eigenvalue weighted by Crippen LogP contribution is -2.29. The molecule has 0 spiro atoms. The van der Waals surface area contributed by atoms with Gasteiger partial charge in [0.15, 0.2) is 0 Å². The Kier molecular flexibility index (Phi) is 5.46. The summed E-state index contributed by atoms with van der Waals surface area (Å²) in [5.74, 6) is -1.55. The van der Waals surface area contributed by atoms with Crippen LogP contribution < -0.4 is 9.62 Å². The molecular weight excluding hydrogens is 384 g/mol. The molecule has 0 bridgehead atoms. The van der Waals surface area contributed by atoms with E-state index in [1.807, 2.05) is 0 Å². The molecule has 1 N–H and O–H groups in total. The van der Waals surface area contributed by atoms with Crippen LogP contribution in [-0.4, -0.2) is 38.6 Å². The van der Waals surface area contributed by atoms with E-state index in [2.05, 4.69) is 5.32 Å². The third kappa shape index (κ3) is 4.04. The first-order valence-electron chi connectivity index (χ1n) is 8.56. The Hall–Kier alpha value is -3.20. The number of rotatable bonds is 5. The molecule has 2 aromatic rings. The summed E-state index contributed by atoms with van der Waals surface area (Å²) in [4.78, 5) is 35.8. The normalized spacial score (nSPS) is 15.3. The van der Waals surface area contributed by atoms with Crippen molar-refractivity contribution < 1.29 is 27.5 Å². The van der Waals surface area contributed by atoms with Gasteiger partial charge in [0.25, 0.3) is 5.91 Å². The van der Waals surface area contributed by atoms with Gasteiger partial charge in [0, 0.05) is 17.7 Å². The Morgan fingerprint density at radius 1 is 1.04 bits per heavy atom. The van der Waals surface area contributed by atoms with Gasteiger partial charge in [-0.25, -0.2) is 17.5 Å². The molecular formula is C19H18N2O6S. The van der Waals surface area contributed by atoms with Crippen molar-refractivity contribution in [2.75, 3.05) is 22.0 Å². The van der Waals surface area contributed by atoms with Crippen LogP contribution >= 0.6 is 0 Å². The Morgan fingerprint density at radius 3 is 2.18 bits per heavy atom. The quantitative estimate of drug-likeness (QED) is 0.768. The van der Waals surface area contributed by atoms with Crippen molar-refractivity contribution in [1.29, 1.82) is 0 Å². The van der Waals surface area contributed by atoms with Crippen molar-refractivity contribution in [3.63, 3.8) is 0 Å². The average Bonchev–Trinajstić information content (AvgIpc) is 2.95. The fourth-order valence-electron chi connectivity index (χ4n) is 2.72. The molecule has 0 saturated carbocycles. The zero-order valence-corrected chi connectivity index (χ0v) is 15.9. The standard InChI is InChI=1S/C19H18N2O6S/c1-2-27-19(24)14-3-7-15(8-4-14)20-18(23)13-5-9-16(10-6-13)21-17(22)11-12-28(21,25)26/h3-10H,2,11-12H2,1H3,(H,20,23). The fourth-order valence-corrected chi connectivity index (χ4v) is 4.18. The highest BCUT2D eigenvalue weighted by Crippen LogP contribution is 2.25. The molecule has 8 nitrogen and oxygen atoms in total. The summed E-state index contributed by atoms with van der Waals surface area (Å²) in [5.41, 5.74) is 1.36. The summed E-state index contributed by atoms with van der Waals surface area (Å²) in [5, 5.41) is 2.68. The van der Waals surface area contributed by atoms with Crippen LogP contribution in [0.4, 0.5) is 11.4 Å². The van der Waals surface area contributed by atoms with Gasteiger partial charge >= 0.3 is 5.97 Å². The fraction of sp³-hybridized carbons (Fsp3) is 0.211. The summed E-state index contributed by atoms with van der Waals surface area (Å²) < 4.78 is 29.5. The van der Waals surface area contributed by atoms with Gasteiger partial charge in [-0.1, -0.05) is 0 Å². The summed E-state index contributed by atoms with van der Waals surface area (Å²) in [6, 6.07) is 12.0. The molecule has 3 rings (SSSR count). The number of carbonyl (C=O) groups excluding carboxylic acids is 3. The van der Waals surface area contributed by atoms with Crippen LogP contribution in [0.1, 0.15) is 34.1 Å². The van der Waals surface area contributed by atoms with Crippen molar-refractivity contribution >= 4 is 39.2 Å². The lowest BCUT2D eigenvalue weighted by Gasteiger charge is -2.15. The summed E-state index contributed by atoms with van der Waals surface area (Å²) in [7, 11) is -3.64. The largest absolute Gasteiger partial charge is 0.462 e. The average molecular weight is 402 g/mol. The van der Waals surface area contributed by atoms with E-state index in [0.717, 1.165) is 4.31 Å². The maximum absolute atomic E-state index is 12.4. The smallest absolute Gasteiger partial charge is 0.338 e. The van der Waals surface area contributed by atoms with Crippen LogP contribution in [0, 0.1) is 0 Å². The number of nitrogens with one attached hydrogen (secondary N) is 1. The molecule has 9 heteroatoms. The molecule has 2 aromatic carbocycles. The van der Waals surface area contributed by atoms with Gasteiger partial charge < -0.3 is 10.1 Å². The lowest BCUT2D eigenvalue weighted by atomic mass is 10.1. The van der Waals surface area contributed by atoms with E-state index in [4.69, 9.17) is 4.74 Å². The van der Waals surface area contributed by atoms with E-state index < -0.39 is 27.8 Å². The second-order valence-corrected chi connectivity index (χ2v) is 7.96. The Morgan fingerprint density at radius 2 is 1.64 bits per heavy atom. The van der Waals surface area contributed by atoms with Gasteiger partial charge in [0.1, 0.15) is 0 Å². The molecule has 0 aliphatic carbocycles. The molecule has 0 aromatic heterocycles. The molecule has 2 amide bonds. The predicted octanol–water partition coefficient (Wildman–Crippen LogP) is 2.18. The van der Waals surface area contributed by atoms with E-state index in [-0.39, 0.29) is 24.5 Å². The second-order valence-electron chi connectivity index (χ2n) is 6.02. The maximum Gasteiger partial charge on any atom is 0.338 e. The number of benzene rings is 2. The summed E-state index contributed by atoms with van der Waals surface area (Å²) in [6.07, 6.45) is -0.0492. The highest BCUT2D eigenvalue weighted by Gasteiger charge is 2.36. The molecule has 146 valence electrons. The lowest BCUT2D eigenvalue weighted by molar-refractivity contribution is -0.116. The minimum absolute atomic E-state index is 0.0492. The Bertz CT molecular complexity index is 1010. The molecule has 1 heterocycles. The van der Waals surface area contributed by atoms with Crippen molar-refractivity contribution in [1.82, 2.24) is 0 Å². The van der Waals surface area contributed by atoms with Crippen LogP contribution in [0.15, 0.2) is 48.5 Å². The SMILES string of the molecule is CCOC(=O)c1ccc(NC(=O)c2ccc(N3C(=O)CCS3(=O)=O)cc2)cc1. The number of hydrogen-bond acceptors (Lipinski definition) is 6. The van der Waals surface area contributed by atoms with Crippen LogP contribution in [0.5, 0.6) is 0 Å².